The van der Waals surface area contributed by atoms with Gasteiger partial charge in [0.25, 0.3) is 0 Å². The van der Waals surface area contributed by atoms with Gasteiger partial charge in [0.1, 0.15) is 30.3 Å². The number of nitrogens with zero attached hydrogens (tertiary/aromatic N) is 5. The summed E-state index contributed by atoms with van der Waals surface area (Å²) in [5.74, 6) is -0.638. The summed E-state index contributed by atoms with van der Waals surface area (Å²) in [6.45, 7) is 26.1. The molecule has 4 atom stereocenters. The van der Waals surface area contributed by atoms with E-state index in [4.69, 9.17) is 28.4 Å². The number of carbonyl (C=O) groups is 3. The van der Waals surface area contributed by atoms with Gasteiger partial charge in [-0.15, -0.1) is 0 Å². The molecule has 3 aliphatic rings. The summed E-state index contributed by atoms with van der Waals surface area (Å²) in [7, 11) is -2.03. The fraction of sp³-hybridized carbons (Fsp3) is 0.667. The Morgan fingerprint density at radius 1 is 0.965 bits per heavy atom. The Morgan fingerprint density at radius 3 is 2.32 bits per heavy atom. The van der Waals surface area contributed by atoms with Crippen molar-refractivity contribution in [2.75, 3.05) is 64.1 Å². The quantitative estimate of drug-likeness (QED) is 0.196. The summed E-state index contributed by atoms with van der Waals surface area (Å²) in [4.78, 5) is 53.0. The molecule has 1 aromatic heterocycles. The molecule has 2 saturated heterocycles. The number of morpholine rings is 1. The Balaban J connectivity index is 1.43. The topological polar surface area (TPSA) is 123 Å². The molecule has 1 aromatic carbocycles. The van der Waals surface area contributed by atoms with Crippen LogP contribution in [0.15, 0.2) is 30.3 Å². The van der Waals surface area contributed by atoms with Crippen LogP contribution >= 0.6 is 0 Å². The number of benzene rings is 1. The number of anilines is 1. The van der Waals surface area contributed by atoms with Crippen molar-refractivity contribution >= 4 is 32.0 Å². The number of rotatable bonds is 11. The molecule has 2 aromatic rings. The van der Waals surface area contributed by atoms with Crippen LogP contribution in [0.25, 0.3) is 0 Å². The minimum atomic E-state index is -2.03. The SMILES string of the molecule is CC(=O)OCc1nc2c(cc1Cc1ccc(F)cc1)N(C(=O)CN1C[C@@H](C)N(C(=O)OC(C)(C)C)C[C@@H]1CN1CCOC[C@H]1CO[Si](C)(C)C(C)(C)C)[C@@H](C)CO2. The molecule has 2 fully saturated rings. The Labute approximate surface area is 339 Å². The number of hydrogen-bond acceptors (Lipinski definition) is 11. The maximum Gasteiger partial charge on any atom is 0.410 e. The first kappa shape index (κ1) is 44.5. The minimum absolute atomic E-state index is 0.0256. The predicted octanol–water partition coefficient (Wildman–Crippen LogP) is 6.02. The Hall–Kier alpha value is -3.63. The van der Waals surface area contributed by atoms with Gasteiger partial charge in [0.15, 0.2) is 8.32 Å². The molecule has 316 valence electrons. The van der Waals surface area contributed by atoms with E-state index >= 15 is 0 Å². The summed E-state index contributed by atoms with van der Waals surface area (Å²) < 4.78 is 43.7. The third-order valence-electron chi connectivity index (χ3n) is 11.4. The van der Waals surface area contributed by atoms with Crippen molar-refractivity contribution in [2.45, 2.75) is 123 Å². The molecule has 5 rings (SSSR count). The van der Waals surface area contributed by atoms with Crippen LogP contribution in [-0.2, 0) is 41.3 Å². The summed E-state index contributed by atoms with van der Waals surface area (Å²) >= 11 is 0. The second-order valence-corrected chi connectivity index (χ2v) is 23.1. The van der Waals surface area contributed by atoms with Gasteiger partial charge in [-0.2, -0.15) is 0 Å². The average Bonchev–Trinajstić information content (AvgIpc) is 3.11. The lowest BCUT2D eigenvalue weighted by Crippen LogP contribution is -2.65. The standard InChI is InChI=1S/C42H64FN5O8Si/c1-28-20-46(34(22-47(28)40(51)56-41(4,5)6)21-45-16-17-52-25-35(45)26-55-57(10,11)42(7,8)9)23-38(50)48-29(2)24-54-39-37(48)19-32(36(44-39)27-53-30(3)49)18-31-12-14-33(43)15-13-31/h12-15,19,28-29,34-35H,16-18,20-27H2,1-11H3/t28-,29+,34+,35+/m1/s1. The zero-order valence-electron chi connectivity index (χ0n) is 35.9. The highest BCUT2D eigenvalue weighted by Crippen LogP contribution is 2.38. The van der Waals surface area contributed by atoms with Gasteiger partial charge in [0, 0.05) is 45.2 Å². The fourth-order valence-corrected chi connectivity index (χ4v) is 8.22. The average molecular weight is 814 g/mol. The van der Waals surface area contributed by atoms with E-state index in [1.54, 1.807) is 21.9 Å². The molecule has 0 bridgehead atoms. The zero-order valence-corrected chi connectivity index (χ0v) is 36.9. The zero-order chi connectivity index (χ0) is 41.9. The van der Waals surface area contributed by atoms with Gasteiger partial charge in [0.05, 0.1) is 44.1 Å². The fourth-order valence-electron chi connectivity index (χ4n) is 7.18. The second kappa shape index (κ2) is 18.1. The molecule has 0 aliphatic carbocycles. The third-order valence-corrected chi connectivity index (χ3v) is 15.9. The third kappa shape index (κ3) is 11.5. The number of pyridine rings is 1. The van der Waals surface area contributed by atoms with E-state index in [1.165, 1.54) is 19.1 Å². The molecule has 0 unspecified atom stereocenters. The van der Waals surface area contributed by atoms with Crippen molar-refractivity contribution in [3.63, 3.8) is 0 Å². The number of amides is 2. The van der Waals surface area contributed by atoms with Crippen molar-refractivity contribution in [2.24, 2.45) is 0 Å². The van der Waals surface area contributed by atoms with Gasteiger partial charge >= 0.3 is 12.1 Å². The van der Waals surface area contributed by atoms with Crippen LogP contribution in [0.3, 0.4) is 0 Å². The number of carbonyl (C=O) groups excluding carboxylic acids is 3. The molecule has 2 amide bonds. The molecule has 0 spiro atoms. The maximum absolute atomic E-state index is 14.7. The number of halogens is 1. The van der Waals surface area contributed by atoms with Gasteiger partial charge in [-0.25, -0.2) is 14.2 Å². The van der Waals surface area contributed by atoms with Crippen LogP contribution in [0.4, 0.5) is 14.9 Å². The highest BCUT2D eigenvalue weighted by atomic mass is 28.4. The lowest BCUT2D eigenvalue weighted by Gasteiger charge is -2.48. The first-order valence-corrected chi connectivity index (χ1v) is 23.1. The molecule has 15 heteroatoms. The minimum Gasteiger partial charge on any atom is -0.474 e. The van der Waals surface area contributed by atoms with Gasteiger partial charge in [-0.3, -0.25) is 19.4 Å². The van der Waals surface area contributed by atoms with Gasteiger partial charge in [-0.1, -0.05) is 32.9 Å². The van der Waals surface area contributed by atoms with E-state index in [1.807, 2.05) is 40.7 Å². The summed E-state index contributed by atoms with van der Waals surface area (Å²) in [6, 6.07) is 7.38. The van der Waals surface area contributed by atoms with Crippen LogP contribution in [0.2, 0.25) is 18.1 Å². The normalized spacial score (nSPS) is 22.5. The number of piperazine rings is 1. The van der Waals surface area contributed by atoms with Crippen molar-refractivity contribution in [3.8, 4) is 5.88 Å². The monoisotopic (exact) mass is 813 g/mol. The summed E-state index contributed by atoms with van der Waals surface area (Å²) in [5.41, 5.74) is 1.93. The summed E-state index contributed by atoms with van der Waals surface area (Å²) in [6.07, 6.45) is 0.00502. The van der Waals surface area contributed by atoms with Crippen LogP contribution < -0.4 is 9.64 Å². The van der Waals surface area contributed by atoms with E-state index in [-0.39, 0.29) is 72.7 Å². The number of fused-ring (bicyclic) bond motifs is 1. The van der Waals surface area contributed by atoms with E-state index in [9.17, 15) is 18.8 Å². The van der Waals surface area contributed by atoms with E-state index < -0.39 is 19.9 Å². The smallest absolute Gasteiger partial charge is 0.410 e. The Morgan fingerprint density at radius 2 is 1.67 bits per heavy atom. The molecule has 0 radical (unpaired) electrons. The highest BCUT2D eigenvalue weighted by molar-refractivity contribution is 6.74. The van der Waals surface area contributed by atoms with Crippen molar-refractivity contribution in [3.05, 3.63) is 53.0 Å². The van der Waals surface area contributed by atoms with E-state index in [0.717, 1.165) is 11.1 Å². The maximum atomic E-state index is 14.7. The Bertz CT molecular complexity index is 1730. The first-order chi connectivity index (χ1) is 26.6. The lowest BCUT2D eigenvalue weighted by atomic mass is 10.0. The molecule has 0 N–H and O–H groups in total. The van der Waals surface area contributed by atoms with E-state index in [0.29, 0.717) is 63.8 Å². The van der Waals surface area contributed by atoms with Gasteiger partial charge < -0.3 is 33.2 Å². The molecule has 4 heterocycles. The van der Waals surface area contributed by atoms with Crippen LogP contribution in [0.1, 0.15) is 79.1 Å². The lowest BCUT2D eigenvalue weighted by molar-refractivity contribution is -0.142. The number of ether oxygens (including phenoxy) is 4. The van der Waals surface area contributed by atoms with Crippen LogP contribution in [0.5, 0.6) is 5.88 Å². The summed E-state index contributed by atoms with van der Waals surface area (Å²) in [5, 5.41) is 0.0638. The molecule has 0 saturated carbocycles. The predicted molar refractivity (Wildman–Crippen MR) is 218 cm³/mol. The number of aromatic nitrogens is 1. The second-order valence-electron chi connectivity index (χ2n) is 18.3. The van der Waals surface area contributed by atoms with Crippen molar-refractivity contribution in [1.82, 2.24) is 19.7 Å². The molecule has 57 heavy (non-hydrogen) atoms. The number of esters is 1. The Kier molecular flexibility index (Phi) is 14.1. The first-order valence-electron chi connectivity index (χ1n) is 20.2. The molecule has 3 aliphatic heterocycles. The molecular weight excluding hydrogens is 750 g/mol. The van der Waals surface area contributed by atoms with Gasteiger partial charge in [0.2, 0.25) is 11.8 Å². The number of hydrogen-bond donors (Lipinski definition) is 0. The van der Waals surface area contributed by atoms with E-state index in [2.05, 4.69) is 43.7 Å². The highest BCUT2D eigenvalue weighted by Gasteiger charge is 2.42. The van der Waals surface area contributed by atoms with Crippen LogP contribution in [-0.4, -0.2) is 135 Å². The largest absolute Gasteiger partial charge is 0.474 e. The van der Waals surface area contributed by atoms with Crippen LogP contribution in [0, 0.1) is 5.82 Å². The van der Waals surface area contributed by atoms with Gasteiger partial charge in [-0.05, 0) is 88.5 Å². The van der Waals surface area contributed by atoms with Crippen molar-refractivity contribution in [1.29, 1.82) is 0 Å². The van der Waals surface area contributed by atoms with Crippen molar-refractivity contribution < 1.29 is 42.1 Å². The molecule has 13 nitrogen and oxygen atoms in total. The molecular formula is C42H64FN5O8Si.